The van der Waals surface area contributed by atoms with Crippen LogP contribution in [0.5, 0.6) is 5.75 Å². The van der Waals surface area contributed by atoms with Crippen LogP contribution in [0.3, 0.4) is 0 Å². The number of nitrogens with zero attached hydrogens (tertiary/aromatic N) is 1. The summed E-state index contributed by atoms with van der Waals surface area (Å²) in [5, 5.41) is 0. The van der Waals surface area contributed by atoms with E-state index in [1.54, 1.807) is 0 Å². The lowest BCUT2D eigenvalue weighted by Gasteiger charge is -2.37. The minimum absolute atomic E-state index is 0. The smallest absolute Gasteiger partial charge is 0.213 e. The Labute approximate surface area is 100 Å². The van der Waals surface area contributed by atoms with Gasteiger partial charge in [-0.15, -0.1) is 24.8 Å². The SMILES string of the molecule is Cl.Cl.NC1(Oc2ccc(F)nc2)CCC1. The number of nitrogens with two attached hydrogens (primary N) is 1. The van der Waals surface area contributed by atoms with Crippen molar-refractivity contribution < 1.29 is 9.13 Å². The van der Waals surface area contributed by atoms with Gasteiger partial charge in [-0.3, -0.25) is 5.73 Å². The summed E-state index contributed by atoms with van der Waals surface area (Å²) in [5.74, 6) is 0.0237. The van der Waals surface area contributed by atoms with Gasteiger partial charge in [0.1, 0.15) is 5.75 Å². The summed E-state index contributed by atoms with van der Waals surface area (Å²) in [4.78, 5) is 3.47. The largest absolute Gasteiger partial charge is 0.471 e. The molecule has 3 nitrogen and oxygen atoms in total. The number of rotatable bonds is 2. The number of ether oxygens (including phenoxy) is 1. The summed E-state index contributed by atoms with van der Waals surface area (Å²) in [6.07, 6.45) is 4.14. The standard InChI is InChI=1S/C9H11FN2O.2ClH/c10-8-3-2-7(6-12-8)13-9(11)4-1-5-9;;/h2-3,6H,1,4-5,11H2;2*1H. The van der Waals surface area contributed by atoms with Gasteiger partial charge in [0.25, 0.3) is 0 Å². The van der Waals surface area contributed by atoms with Crippen LogP contribution in [-0.2, 0) is 0 Å². The Balaban J connectivity index is 0.000000980. The maximum absolute atomic E-state index is 12.4. The third kappa shape index (κ3) is 3.48. The maximum atomic E-state index is 12.4. The van der Waals surface area contributed by atoms with Crippen molar-refractivity contribution in [2.75, 3.05) is 0 Å². The van der Waals surface area contributed by atoms with E-state index in [0.29, 0.717) is 5.75 Å². The van der Waals surface area contributed by atoms with E-state index in [2.05, 4.69) is 4.98 Å². The second kappa shape index (κ2) is 5.49. The van der Waals surface area contributed by atoms with Gasteiger partial charge < -0.3 is 4.74 Å². The zero-order valence-corrected chi connectivity index (χ0v) is 9.61. The second-order valence-corrected chi connectivity index (χ2v) is 3.34. The number of pyridine rings is 1. The van der Waals surface area contributed by atoms with Gasteiger partial charge in [-0.25, -0.2) is 4.98 Å². The van der Waals surface area contributed by atoms with Crippen LogP contribution in [0.4, 0.5) is 4.39 Å². The lowest BCUT2D eigenvalue weighted by molar-refractivity contribution is -0.00133. The van der Waals surface area contributed by atoms with E-state index in [-0.39, 0.29) is 24.8 Å². The van der Waals surface area contributed by atoms with E-state index in [1.807, 2.05) is 0 Å². The summed E-state index contributed by atoms with van der Waals surface area (Å²) in [6, 6.07) is 2.80. The zero-order chi connectivity index (χ0) is 9.31. The molecule has 86 valence electrons. The Bertz CT molecular complexity index is 303. The molecule has 0 unspecified atom stereocenters. The third-order valence-corrected chi connectivity index (χ3v) is 2.22. The van der Waals surface area contributed by atoms with E-state index in [4.69, 9.17) is 10.5 Å². The van der Waals surface area contributed by atoms with Crippen molar-refractivity contribution in [2.45, 2.75) is 25.0 Å². The van der Waals surface area contributed by atoms with Crippen molar-refractivity contribution >= 4 is 24.8 Å². The first kappa shape index (κ1) is 14.4. The number of halogens is 3. The molecular weight excluding hydrogens is 242 g/mol. The van der Waals surface area contributed by atoms with Crippen LogP contribution in [0.2, 0.25) is 0 Å². The van der Waals surface area contributed by atoms with Crippen molar-refractivity contribution in [3.05, 3.63) is 24.3 Å². The molecule has 2 N–H and O–H groups in total. The summed E-state index contributed by atoms with van der Waals surface area (Å²) < 4.78 is 17.9. The number of hydrogen-bond acceptors (Lipinski definition) is 3. The molecule has 0 aliphatic heterocycles. The molecule has 6 heteroatoms. The summed E-state index contributed by atoms with van der Waals surface area (Å²) in [7, 11) is 0. The monoisotopic (exact) mass is 254 g/mol. The highest BCUT2D eigenvalue weighted by atomic mass is 35.5. The third-order valence-electron chi connectivity index (χ3n) is 2.22. The van der Waals surface area contributed by atoms with Gasteiger partial charge in [0, 0.05) is 12.8 Å². The molecule has 0 aromatic carbocycles. The van der Waals surface area contributed by atoms with Crippen molar-refractivity contribution in [1.29, 1.82) is 0 Å². The quantitative estimate of drug-likeness (QED) is 0.651. The fourth-order valence-corrected chi connectivity index (χ4v) is 1.28. The molecule has 1 aromatic heterocycles. The molecule has 1 heterocycles. The van der Waals surface area contributed by atoms with E-state index in [9.17, 15) is 4.39 Å². The first-order chi connectivity index (χ1) is 6.18. The molecule has 2 rings (SSSR count). The fourth-order valence-electron chi connectivity index (χ4n) is 1.28. The van der Waals surface area contributed by atoms with E-state index in [1.165, 1.54) is 18.3 Å². The Morgan fingerprint density at radius 3 is 2.40 bits per heavy atom. The molecule has 15 heavy (non-hydrogen) atoms. The van der Waals surface area contributed by atoms with Gasteiger partial charge in [-0.2, -0.15) is 4.39 Å². The van der Waals surface area contributed by atoms with Crippen LogP contribution in [0.1, 0.15) is 19.3 Å². The maximum Gasteiger partial charge on any atom is 0.213 e. The molecule has 1 aromatic rings. The topological polar surface area (TPSA) is 48.1 Å². The molecule has 0 spiro atoms. The summed E-state index contributed by atoms with van der Waals surface area (Å²) >= 11 is 0. The van der Waals surface area contributed by atoms with Crippen molar-refractivity contribution in [3.8, 4) is 5.75 Å². The second-order valence-electron chi connectivity index (χ2n) is 3.34. The average molecular weight is 255 g/mol. The van der Waals surface area contributed by atoms with Gasteiger partial charge >= 0.3 is 0 Å². The van der Waals surface area contributed by atoms with Gasteiger partial charge in [0.05, 0.1) is 6.20 Å². The average Bonchev–Trinajstić information content (AvgIpc) is 2.06. The zero-order valence-electron chi connectivity index (χ0n) is 7.98. The van der Waals surface area contributed by atoms with Crippen molar-refractivity contribution in [2.24, 2.45) is 5.73 Å². The Morgan fingerprint density at radius 1 is 1.33 bits per heavy atom. The Morgan fingerprint density at radius 2 is 2.00 bits per heavy atom. The number of aromatic nitrogens is 1. The van der Waals surface area contributed by atoms with Crippen LogP contribution in [0.25, 0.3) is 0 Å². The van der Waals surface area contributed by atoms with Crippen LogP contribution in [0, 0.1) is 5.95 Å². The van der Waals surface area contributed by atoms with Crippen LogP contribution >= 0.6 is 24.8 Å². The minimum atomic E-state index is -0.542. The van der Waals surface area contributed by atoms with E-state index in [0.717, 1.165) is 19.3 Å². The normalized spacial score (nSPS) is 16.7. The van der Waals surface area contributed by atoms with Gasteiger partial charge in [-0.1, -0.05) is 0 Å². The molecular formula is C9H13Cl2FN2O. The highest BCUT2D eigenvalue weighted by molar-refractivity contribution is 5.85. The highest BCUT2D eigenvalue weighted by Crippen LogP contribution is 2.31. The predicted molar refractivity (Wildman–Crippen MR) is 60.1 cm³/mol. The Hall–Kier alpha value is -0.580. The fraction of sp³-hybridized carbons (Fsp3) is 0.444. The lowest BCUT2D eigenvalue weighted by Crippen LogP contribution is -2.51. The van der Waals surface area contributed by atoms with E-state index < -0.39 is 11.7 Å². The number of hydrogen-bond donors (Lipinski definition) is 1. The van der Waals surface area contributed by atoms with Crippen molar-refractivity contribution in [3.63, 3.8) is 0 Å². The predicted octanol–water partition coefficient (Wildman–Crippen LogP) is 2.28. The lowest BCUT2D eigenvalue weighted by atomic mass is 9.89. The van der Waals surface area contributed by atoms with Crippen LogP contribution in [0.15, 0.2) is 18.3 Å². The van der Waals surface area contributed by atoms with Crippen LogP contribution < -0.4 is 10.5 Å². The molecule has 0 atom stereocenters. The molecule has 1 aliphatic carbocycles. The molecule has 0 amide bonds. The van der Waals surface area contributed by atoms with Gasteiger partial charge in [0.15, 0.2) is 5.72 Å². The summed E-state index contributed by atoms with van der Waals surface area (Å²) in [5.41, 5.74) is 5.29. The van der Waals surface area contributed by atoms with Crippen LogP contribution in [-0.4, -0.2) is 10.7 Å². The molecule has 0 bridgehead atoms. The molecule has 1 fully saturated rings. The highest BCUT2D eigenvalue weighted by Gasteiger charge is 2.34. The molecule has 0 saturated heterocycles. The van der Waals surface area contributed by atoms with Gasteiger partial charge in [0.2, 0.25) is 5.95 Å². The van der Waals surface area contributed by atoms with Gasteiger partial charge in [-0.05, 0) is 18.6 Å². The van der Waals surface area contributed by atoms with Crippen molar-refractivity contribution in [1.82, 2.24) is 4.98 Å². The Kier molecular flexibility index (Phi) is 5.28. The minimum Gasteiger partial charge on any atom is -0.471 e. The summed E-state index contributed by atoms with van der Waals surface area (Å²) in [6.45, 7) is 0. The molecule has 1 aliphatic rings. The molecule has 1 saturated carbocycles. The first-order valence-corrected chi connectivity index (χ1v) is 4.27. The van der Waals surface area contributed by atoms with E-state index >= 15 is 0 Å². The molecule has 0 radical (unpaired) electrons. The first-order valence-electron chi connectivity index (χ1n) is 4.27.